The first kappa shape index (κ1) is 19.5. The van der Waals surface area contributed by atoms with Gasteiger partial charge in [-0.25, -0.2) is 4.98 Å². The number of fused-ring (bicyclic) bond motifs is 1. The summed E-state index contributed by atoms with van der Waals surface area (Å²) in [5.41, 5.74) is 1.91. The molecule has 0 aromatic carbocycles. The molecular formula is C20H28N4O3. The fourth-order valence-electron chi connectivity index (χ4n) is 3.50. The number of rotatable bonds is 8. The molecule has 146 valence electrons. The summed E-state index contributed by atoms with van der Waals surface area (Å²) in [6, 6.07) is 6.00. The zero-order chi connectivity index (χ0) is 19.1. The molecule has 3 heterocycles. The van der Waals surface area contributed by atoms with Gasteiger partial charge in [-0.2, -0.15) is 0 Å². The number of methoxy groups -OCH3 is 2. The summed E-state index contributed by atoms with van der Waals surface area (Å²) >= 11 is 0. The molecule has 0 radical (unpaired) electrons. The van der Waals surface area contributed by atoms with E-state index in [2.05, 4.69) is 16.4 Å². The lowest BCUT2D eigenvalue weighted by molar-refractivity contribution is -0.133. The van der Waals surface area contributed by atoms with Gasteiger partial charge in [0.05, 0.1) is 25.2 Å². The number of carbonyl (C=O) groups excluding carboxylic acids is 1. The van der Waals surface area contributed by atoms with Gasteiger partial charge in [-0.05, 0) is 31.0 Å². The van der Waals surface area contributed by atoms with Crippen molar-refractivity contribution in [1.82, 2.24) is 14.9 Å². The number of aromatic nitrogens is 2. The molecule has 1 N–H and O–H groups in total. The fraction of sp³-hybridized carbons (Fsp3) is 0.550. The van der Waals surface area contributed by atoms with E-state index in [0.717, 1.165) is 41.8 Å². The van der Waals surface area contributed by atoms with Crippen molar-refractivity contribution in [2.75, 3.05) is 52.4 Å². The summed E-state index contributed by atoms with van der Waals surface area (Å²) < 4.78 is 10.2. The number of piperidine rings is 1. The Labute approximate surface area is 160 Å². The van der Waals surface area contributed by atoms with Crippen LogP contribution in [-0.2, 0) is 14.3 Å². The molecule has 1 fully saturated rings. The van der Waals surface area contributed by atoms with Crippen molar-refractivity contribution >= 4 is 22.6 Å². The summed E-state index contributed by atoms with van der Waals surface area (Å²) in [5.74, 6) is 1.20. The van der Waals surface area contributed by atoms with Crippen LogP contribution in [0.3, 0.4) is 0 Å². The van der Waals surface area contributed by atoms with Gasteiger partial charge in [0.15, 0.2) is 0 Å². The highest BCUT2D eigenvalue weighted by Gasteiger charge is 2.26. The molecule has 0 saturated carbocycles. The second kappa shape index (κ2) is 9.62. The lowest BCUT2D eigenvalue weighted by Crippen LogP contribution is -2.39. The maximum absolute atomic E-state index is 12.4. The monoisotopic (exact) mass is 372 g/mol. The van der Waals surface area contributed by atoms with Crippen LogP contribution < -0.4 is 5.32 Å². The van der Waals surface area contributed by atoms with Gasteiger partial charge in [-0.3, -0.25) is 9.78 Å². The second-order valence-corrected chi connectivity index (χ2v) is 6.81. The van der Waals surface area contributed by atoms with Crippen LogP contribution in [0, 0.1) is 0 Å². The number of nitrogens with zero attached hydrogens (tertiary/aromatic N) is 3. The van der Waals surface area contributed by atoms with Crippen LogP contribution in [0.2, 0.25) is 0 Å². The van der Waals surface area contributed by atoms with E-state index >= 15 is 0 Å². The van der Waals surface area contributed by atoms with E-state index in [1.54, 1.807) is 20.4 Å². The van der Waals surface area contributed by atoms with Crippen molar-refractivity contribution < 1.29 is 14.3 Å². The first-order valence-electron chi connectivity index (χ1n) is 9.48. The fourth-order valence-corrected chi connectivity index (χ4v) is 3.50. The molecule has 1 aliphatic rings. The first-order chi connectivity index (χ1) is 13.2. The van der Waals surface area contributed by atoms with Crippen LogP contribution in [0.15, 0.2) is 24.4 Å². The molecule has 2 aromatic heterocycles. The summed E-state index contributed by atoms with van der Waals surface area (Å²) in [6.45, 7) is 3.27. The number of nitrogens with one attached hydrogen (secondary N) is 1. The number of pyridine rings is 2. The standard InChI is InChI=1S/C20H28N4O3/c1-26-11-7-19(25)24-10-4-5-15(14-24)17-13-18-16(6-3-8-21-18)20(23-17)22-9-12-27-2/h3,6,8,13,15H,4-5,7,9-12,14H2,1-2H3,(H,22,23)/t15-/m0/s1. The molecule has 0 bridgehead atoms. The lowest BCUT2D eigenvalue weighted by atomic mass is 9.93. The van der Waals surface area contributed by atoms with Gasteiger partial charge in [0, 0.05) is 57.0 Å². The van der Waals surface area contributed by atoms with Crippen molar-refractivity contribution in [3.8, 4) is 0 Å². The van der Waals surface area contributed by atoms with Gasteiger partial charge in [-0.1, -0.05) is 0 Å². The number of anilines is 1. The van der Waals surface area contributed by atoms with E-state index in [9.17, 15) is 4.79 Å². The third kappa shape index (κ3) is 4.93. The average molecular weight is 372 g/mol. The second-order valence-electron chi connectivity index (χ2n) is 6.81. The van der Waals surface area contributed by atoms with E-state index in [1.165, 1.54) is 0 Å². The highest BCUT2D eigenvalue weighted by atomic mass is 16.5. The van der Waals surface area contributed by atoms with E-state index in [-0.39, 0.29) is 11.8 Å². The first-order valence-corrected chi connectivity index (χ1v) is 9.48. The molecule has 7 heteroatoms. The van der Waals surface area contributed by atoms with Crippen LogP contribution >= 0.6 is 0 Å². The number of likely N-dealkylation sites (tertiary alicyclic amines) is 1. The van der Waals surface area contributed by atoms with E-state index in [1.807, 2.05) is 17.0 Å². The van der Waals surface area contributed by atoms with Gasteiger partial charge in [0.1, 0.15) is 5.82 Å². The Morgan fingerprint density at radius 2 is 2.19 bits per heavy atom. The van der Waals surface area contributed by atoms with Crippen LogP contribution in [0.4, 0.5) is 5.82 Å². The van der Waals surface area contributed by atoms with Gasteiger partial charge >= 0.3 is 0 Å². The molecule has 27 heavy (non-hydrogen) atoms. The molecule has 0 spiro atoms. The molecule has 1 atom stereocenters. The third-order valence-corrected chi connectivity index (χ3v) is 4.93. The maximum Gasteiger partial charge on any atom is 0.224 e. The molecular weight excluding hydrogens is 344 g/mol. The van der Waals surface area contributed by atoms with Crippen LogP contribution in [0.1, 0.15) is 30.9 Å². The summed E-state index contributed by atoms with van der Waals surface area (Å²) in [6.07, 6.45) is 4.24. The van der Waals surface area contributed by atoms with E-state index < -0.39 is 0 Å². The minimum absolute atomic E-state index is 0.152. The summed E-state index contributed by atoms with van der Waals surface area (Å²) in [4.78, 5) is 23.7. The predicted octanol–water partition coefficient (Wildman–Crippen LogP) is 2.43. The highest BCUT2D eigenvalue weighted by molar-refractivity contribution is 5.89. The van der Waals surface area contributed by atoms with Crippen LogP contribution in [-0.4, -0.2) is 67.8 Å². The van der Waals surface area contributed by atoms with Crippen molar-refractivity contribution in [3.63, 3.8) is 0 Å². The van der Waals surface area contributed by atoms with Gasteiger partial charge in [-0.15, -0.1) is 0 Å². The van der Waals surface area contributed by atoms with Gasteiger partial charge in [0.25, 0.3) is 0 Å². The number of hydrogen-bond donors (Lipinski definition) is 1. The minimum Gasteiger partial charge on any atom is -0.384 e. The SMILES string of the molecule is COCCNc1nc([C@H]2CCCN(C(=O)CCOC)C2)cc2ncccc12. The highest BCUT2D eigenvalue weighted by Crippen LogP contribution is 2.30. The van der Waals surface area contributed by atoms with Crippen molar-refractivity contribution in [3.05, 3.63) is 30.1 Å². The molecule has 0 aliphatic carbocycles. The van der Waals surface area contributed by atoms with Crippen LogP contribution in [0.5, 0.6) is 0 Å². The Hall–Kier alpha value is -2.25. The normalized spacial score (nSPS) is 17.3. The third-order valence-electron chi connectivity index (χ3n) is 4.93. The molecule has 3 rings (SSSR count). The molecule has 1 amide bonds. The maximum atomic E-state index is 12.4. The topological polar surface area (TPSA) is 76.6 Å². The Balaban J connectivity index is 1.81. The van der Waals surface area contributed by atoms with Crippen LogP contribution in [0.25, 0.3) is 10.9 Å². The van der Waals surface area contributed by atoms with Crippen molar-refractivity contribution in [1.29, 1.82) is 0 Å². The number of hydrogen-bond acceptors (Lipinski definition) is 6. The Kier molecular flexibility index (Phi) is 6.95. The predicted molar refractivity (Wildman–Crippen MR) is 105 cm³/mol. The molecule has 7 nitrogen and oxygen atoms in total. The zero-order valence-electron chi connectivity index (χ0n) is 16.1. The molecule has 0 unspecified atom stereocenters. The smallest absolute Gasteiger partial charge is 0.224 e. The summed E-state index contributed by atoms with van der Waals surface area (Å²) in [5, 5.41) is 4.36. The number of amides is 1. The Bertz CT molecular complexity index is 768. The zero-order valence-corrected chi connectivity index (χ0v) is 16.1. The average Bonchev–Trinajstić information content (AvgIpc) is 2.72. The van der Waals surface area contributed by atoms with E-state index in [4.69, 9.17) is 14.5 Å². The van der Waals surface area contributed by atoms with Gasteiger partial charge < -0.3 is 19.7 Å². The largest absolute Gasteiger partial charge is 0.384 e. The Morgan fingerprint density at radius 3 is 3.00 bits per heavy atom. The minimum atomic E-state index is 0.152. The summed E-state index contributed by atoms with van der Waals surface area (Å²) in [7, 11) is 3.30. The van der Waals surface area contributed by atoms with Crippen molar-refractivity contribution in [2.24, 2.45) is 0 Å². The van der Waals surface area contributed by atoms with E-state index in [0.29, 0.717) is 32.7 Å². The number of carbonyl (C=O) groups is 1. The lowest BCUT2D eigenvalue weighted by Gasteiger charge is -2.33. The molecule has 2 aromatic rings. The number of ether oxygens (including phenoxy) is 2. The Morgan fingerprint density at radius 1 is 1.33 bits per heavy atom. The van der Waals surface area contributed by atoms with Gasteiger partial charge in [0.2, 0.25) is 5.91 Å². The quantitative estimate of drug-likeness (QED) is 0.717. The van der Waals surface area contributed by atoms with Crippen molar-refractivity contribution in [2.45, 2.75) is 25.2 Å². The molecule has 1 aliphatic heterocycles. The molecule has 1 saturated heterocycles.